The van der Waals surface area contributed by atoms with Gasteiger partial charge in [0.25, 0.3) is 0 Å². The van der Waals surface area contributed by atoms with Gasteiger partial charge >= 0.3 is 0 Å². The van der Waals surface area contributed by atoms with Gasteiger partial charge in [-0.1, -0.05) is 23.7 Å². The standard InChI is InChI=1S/C12H17ClN2/c1-15(11-5-6-11)12(8-14)9-3-2-4-10(13)7-9/h2-4,7,11-12H,5-6,8,14H2,1H3. The third kappa shape index (κ3) is 2.51. The summed E-state index contributed by atoms with van der Waals surface area (Å²) in [5, 5.41) is 0.787. The fraction of sp³-hybridized carbons (Fsp3) is 0.500. The van der Waals surface area contributed by atoms with Gasteiger partial charge in [-0.2, -0.15) is 0 Å². The van der Waals surface area contributed by atoms with E-state index in [0.29, 0.717) is 12.6 Å². The number of nitrogens with zero attached hydrogens (tertiary/aromatic N) is 1. The van der Waals surface area contributed by atoms with Crippen LogP contribution in [0.3, 0.4) is 0 Å². The lowest BCUT2D eigenvalue weighted by Crippen LogP contribution is -2.32. The van der Waals surface area contributed by atoms with Gasteiger partial charge < -0.3 is 5.73 Å². The SMILES string of the molecule is CN(C1CC1)C(CN)c1cccc(Cl)c1. The maximum Gasteiger partial charge on any atom is 0.0470 e. The van der Waals surface area contributed by atoms with E-state index >= 15 is 0 Å². The van der Waals surface area contributed by atoms with Gasteiger partial charge in [-0.05, 0) is 37.6 Å². The third-order valence-electron chi connectivity index (χ3n) is 3.07. The van der Waals surface area contributed by atoms with Crippen LogP contribution in [0.2, 0.25) is 5.02 Å². The zero-order valence-electron chi connectivity index (χ0n) is 8.99. The third-order valence-corrected chi connectivity index (χ3v) is 3.31. The highest BCUT2D eigenvalue weighted by atomic mass is 35.5. The van der Waals surface area contributed by atoms with Gasteiger partial charge in [-0.25, -0.2) is 0 Å². The van der Waals surface area contributed by atoms with E-state index in [2.05, 4.69) is 18.0 Å². The van der Waals surface area contributed by atoms with Crippen molar-refractivity contribution in [2.45, 2.75) is 24.9 Å². The summed E-state index contributed by atoms with van der Waals surface area (Å²) in [4.78, 5) is 2.37. The minimum Gasteiger partial charge on any atom is -0.329 e. The molecule has 2 nitrogen and oxygen atoms in total. The van der Waals surface area contributed by atoms with Crippen molar-refractivity contribution in [1.82, 2.24) is 4.90 Å². The van der Waals surface area contributed by atoms with Crippen LogP contribution in [0.5, 0.6) is 0 Å². The molecule has 3 heteroatoms. The predicted molar refractivity (Wildman–Crippen MR) is 64.0 cm³/mol. The molecule has 1 atom stereocenters. The van der Waals surface area contributed by atoms with Crippen LogP contribution >= 0.6 is 11.6 Å². The van der Waals surface area contributed by atoms with Crippen molar-refractivity contribution in [3.8, 4) is 0 Å². The van der Waals surface area contributed by atoms with E-state index in [1.165, 1.54) is 18.4 Å². The lowest BCUT2D eigenvalue weighted by Gasteiger charge is -2.27. The van der Waals surface area contributed by atoms with E-state index in [-0.39, 0.29) is 0 Å². The predicted octanol–water partition coefficient (Wildman–Crippen LogP) is 2.43. The fourth-order valence-electron chi connectivity index (χ4n) is 1.99. The number of halogens is 1. The Labute approximate surface area is 96.0 Å². The molecule has 82 valence electrons. The van der Waals surface area contributed by atoms with Gasteiger partial charge in [-0.3, -0.25) is 4.90 Å². The maximum absolute atomic E-state index is 5.99. The van der Waals surface area contributed by atoms with Gasteiger partial charge in [0.15, 0.2) is 0 Å². The summed E-state index contributed by atoms with van der Waals surface area (Å²) in [5.74, 6) is 0. The van der Waals surface area contributed by atoms with Gasteiger partial charge in [0.2, 0.25) is 0 Å². The molecule has 1 saturated carbocycles. The summed E-state index contributed by atoms with van der Waals surface area (Å²) in [5.41, 5.74) is 7.06. The van der Waals surface area contributed by atoms with Crippen LogP contribution in [0, 0.1) is 0 Å². The molecule has 1 aliphatic rings. The first-order valence-electron chi connectivity index (χ1n) is 5.40. The van der Waals surface area contributed by atoms with Crippen molar-refractivity contribution in [1.29, 1.82) is 0 Å². The number of benzene rings is 1. The van der Waals surface area contributed by atoms with Crippen LogP contribution in [0.25, 0.3) is 0 Å². The molecule has 0 radical (unpaired) electrons. The molecule has 15 heavy (non-hydrogen) atoms. The van der Waals surface area contributed by atoms with Gasteiger partial charge in [0.1, 0.15) is 0 Å². The van der Waals surface area contributed by atoms with Crippen LogP contribution in [0.1, 0.15) is 24.4 Å². The van der Waals surface area contributed by atoms with Crippen molar-refractivity contribution >= 4 is 11.6 Å². The number of nitrogens with two attached hydrogens (primary N) is 1. The van der Waals surface area contributed by atoms with Crippen LogP contribution < -0.4 is 5.73 Å². The average Bonchev–Trinajstić information content (AvgIpc) is 3.02. The maximum atomic E-state index is 5.99. The Balaban J connectivity index is 2.17. The van der Waals surface area contributed by atoms with Gasteiger partial charge in [0, 0.05) is 23.7 Å². The Kier molecular flexibility index (Phi) is 3.29. The Morgan fingerprint density at radius 3 is 2.80 bits per heavy atom. The molecule has 1 unspecified atom stereocenters. The number of likely N-dealkylation sites (N-methyl/N-ethyl adjacent to an activating group) is 1. The van der Waals surface area contributed by atoms with E-state index in [4.69, 9.17) is 17.3 Å². The molecule has 2 N–H and O–H groups in total. The molecule has 2 rings (SSSR count). The molecule has 1 aromatic carbocycles. The lowest BCUT2D eigenvalue weighted by atomic mass is 10.1. The quantitative estimate of drug-likeness (QED) is 0.851. The zero-order chi connectivity index (χ0) is 10.8. The van der Waals surface area contributed by atoms with Crippen molar-refractivity contribution < 1.29 is 0 Å². The molecule has 0 aliphatic heterocycles. The number of hydrogen-bond acceptors (Lipinski definition) is 2. The molecule has 0 bridgehead atoms. The van der Waals surface area contributed by atoms with E-state index < -0.39 is 0 Å². The molecule has 1 fully saturated rings. The van der Waals surface area contributed by atoms with Crippen molar-refractivity contribution in [2.24, 2.45) is 5.73 Å². The molecular formula is C12H17ClN2. The fourth-order valence-corrected chi connectivity index (χ4v) is 2.19. The van der Waals surface area contributed by atoms with Crippen molar-refractivity contribution in [3.05, 3.63) is 34.9 Å². The van der Waals surface area contributed by atoms with Crippen molar-refractivity contribution in [2.75, 3.05) is 13.6 Å². The smallest absolute Gasteiger partial charge is 0.0470 e. The Morgan fingerprint density at radius 1 is 1.53 bits per heavy atom. The largest absolute Gasteiger partial charge is 0.329 e. The molecular weight excluding hydrogens is 208 g/mol. The van der Waals surface area contributed by atoms with Crippen molar-refractivity contribution in [3.63, 3.8) is 0 Å². The van der Waals surface area contributed by atoms with Gasteiger partial charge in [0.05, 0.1) is 0 Å². The van der Waals surface area contributed by atoms with Crippen LogP contribution in [-0.4, -0.2) is 24.5 Å². The second-order valence-electron chi connectivity index (χ2n) is 4.20. The minimum absolute atomic E-state index is 0.302. The second-order valence-corrected chi connectivity index (χ2v) is 4.64. The Bertz CT molecular complexity index is 336. The highest BCUT2D eigenvalue weighted by Crippen LogP contribution is 2.32. The summed E-state index contributed by atoms with van der Waals surface area (Å²) in [6.07, 6.45) is 2.60. The lowest BCUT2D eigenvalue weighted by molar-refractivity contribution is 0.240. The second kappa shape index (κ2) is 4.52. The topological polar surface area (TPSA) is 29.3 Å². The monoisotopic (exact) mass is 224 g/mol. The molecule has 0 saturated heterocycles. The van der Waals surface area contributed by atoms with Crippen LogP contribution in [0.4, 0.5) is 0 Å². The van der Waals surface area contributed by atoms with E-state index in [0.717, 1.165) is 11.1 Å². The summed E-state index contributed by atoms with van der Waals surface area (Å²) in [6.45, 7) is 0.646. The highest BCUT2D eigenvalue weighted by Gasteiger charge is 2.31. The van der Waals surface area contributed by atoms with E-state index in [1.807, 2.05) is 18.2 Å². The van der Waals surface area contributed by atoms with E-state index in [1.54, 1.807) is 0 Å². The first-order valence-corrected chi connectivity index (χ1v) is 5.77. The first kappa shape index (κ1) is 10.9. The Morgan fingerprint density at radius 2 is 2.27 bits per heavy atom. The summed E-state index contributed by atoms with van der Waals surface area (Å²) < 4.78 is 0. The zero-order valence-corrected chi connectivity index (χ0v) is 9.74. The average molecular weight is 225 g/mol. The highest BCUT2D eigenvalue weighted by molar-refractivity contribution is 6.30. The van der Waals surface area contributed by atoms with E-state index in [9.17, 15) is 0 Å². The molecule has 0 aromatic heterocycles. The van der Waals surface area contributed by atoms with Gasteiger partial charge in [-0.15, -0.1) is 0 Å². The molecule has 0 amide bonds. The molecule has 0 heterocycles. The normalized spacial score (nSPS) is 18.1. The summed E-state index contributed by atoms with van der Waals surface area (Å²) in [7, 11) is 2.15. The Hall–Kier alpha value is -0.570. The molecule has 0 spiro atoms. The van der Waals surface area contributed by atoms with Crippen LogP contribution in [0.15, 0.2) is 24.3 Å². The number of hydrogen-bond donors (Lipinski definition) is 1. The minimum atomic E-state index is 0.302. The van der Waals surface area contributed by atoms with Crippen LogP contribution in [-0.2, 0) is 0 Å². The summed E-state index contributed by atoms with van der Waals surface area (Å²) in [6, 6.07) is 9.02. The summed E-state index contributed by atoms with van der Waals surface area (Å²) >= 11 is 5.99. The first-order chi connectivity index (χ1) is 7.22. The molecule has 1 aliphatic carbocycles. The molecule has 1 aromatic rings. The number of rotatable bonds is 4.